The lowest BCUT2D eigenvalue weighted by Gasteiger charge is -2.26. The van der Waals surface area contributed by atoms with Crippen molar-refractivity contribution in [3.05, 3.63) is 11.1 Å². The first-order chi connectivity index (χ1) is 10.2. The van der Waals surface area contributed by atoms with Crippen LogP contribution in [0.2, 0.25) is 0 Å². The summed E-state index contributed by atoms with van der Waals surface area (Å²) in [5.41, 5.74) is 3.56. The van der Waals surface area contributed by atoms with Crippen LogP contribution in [-0.4, -0.2) is 11.2 Å². The summed E-state index contributed by atoms with van der Waals surface area (Å²) in [7, 11) is 0. The van der Waals surface area contributed by atoms with E-state index >= 15 is 0 Å². The second-order valence-corrected chi connectivity index (χ2v) is 7.38. The van der Waals surface area contributed by atoms with Gasteiger partial charge in [-0.3, -0.25) is 0 Å². The Kier molecular flexibility index (Phi) is 6.79. The lowest BCUT2D eigenvalue weighted by Crippen LogP contribution is -2.15. The van der Waals surface area contributed by atoms with E-state index in [1.54, 1.807) is 5.57 Å². The molecule has 1 N–H and O–H groups in total. The monoisotopic (exact) mass is 292 g/mol. The predicted molar refractivity (Wildman–Crippen MR) is 91.3 cm³/mol. The third-order valence-corrected chi connectivity index (χ3v) is 6.08. The van der Waals surface area contributed by atoms with Crippen molar-refractivity contribution in [1.29, 1.82) is 0 Å². The molecule has 122 valence electrons. The van der Waals surface area contributed by atoms with Crippen molar-refractivity contribution in [2.45, 2.75) is 97.5 Å². The molecule has 0 spiro atoms. The van der Waals surface area contributed by atoms with Crippen LogP contribution in [0.3, 0.4) is 0 Å². The average Bonchev–Trinajstić information content (AvgIpc) is 3.11. The molecule has 0 bridgehead atoms. The van der Waals surface area contributed by atoms with Crippen LogP contribution in [0.5, 0.6) is 0 Å². The van der Waals surface area contributed by atoms with Gasteiger partial charge in [-0.05, 0) is 69.1 Å². The highest BCUT2D eigenvalue weighted by atomic mass is 16.3. The van der Waals surface area contributed by atoms with E-state index in [1.165, 1.54) is 51.4 Å². The van der Waals surface area contributed by atoms with E-state index in [2.05, 4.69) is 20.8 Å². The number of aliphatic hydroxyl groups excluding tert-OH is 1. The fourth-order valence-electron chi connectivity index (χ4n) is 5.13. The number of aliphatic hydroxyl groups is 1. The van der Waals surface area contributed by atoms with Gasteiger partial charge in [-0.25, -0.2) is 0 Å². The molecule has 1 saturated carbocycles. The average molecular weight is 293 g/mol. The zero-order valence-corrected chi connectivity index (χ0v) is 14.5. The lowest BCUT2D eigenvalue weighted by molar-refractivity contribution is 0.137. The SMILES string of the molecule is CCCC(O)CC1CCC(C(CC)C2CCCC2)=C1CC. The first kappa shape index (κ1) is 17.1. The quantitative estimate of drug-likeness (QED) is 0.555. The van der Waals surface area contributed by atoms with E-state index in [9.17, 15) is 5.11 Å². The fourth-order valence-corrected chi connectivity index (χ4v) is 5.13. The van der Waals surface area contributed by atoms with Crippen molar-refractivity contribution in [1.82, 2.24) is 0 Å². The van der Waals surface area contributed by atoms with Crippen LogP contribution in [0.4, 0.5) is 0 Å². The topological polar surface area (TPSA) is 20.2 Å². The second-order valence-electron chi connectivity index (χ2n) is 7.38. The molecule has 3 unspecified atom stereocenters. The molecule has 21 heavy (non-hydrogen) atoms. The van der Waals surface area contributed by atoms with Gasteiger partial charge in [0.05, 0.1) is 6.10 Å². The van der Waals surface area contributed by atoms with Gasteiger partial charge in [0.25, 0.3) is 0 Å². The molecule has 0 heterocycles. The largest absolute Gasteiger partial charge is 0.393 e. The molecule has 2 rings (SSSR count). The van der Waals surface area contributed by atoms with Crippen LogP contribution >= 0.6 is 0 Å². The minimum absolute atomic E-state index is 0.0764. The van der Waals surface area contributed by atoms with Gasteiger partial charge in [-0.15, -0.1) is 0 Å². The molecular weight excluding hydrogens is 256 g/mol. The summed E-state index contributed by atoms with van der Waals surface area (Å²) in [6.45, 7) is 6.90. The minimum Gasteiger partial charge on any atom is -0.393 e. The number of allylic oxidation sites excluding steroid dienone is 2. The van der Waals surface area contributed by atoms with Crippen LogP contribution in [0.1, 0.15) is 91.4 Å². The molecule has 0 aliphatic heterocycles. The van der Waals surface area contributed by atoms with Gasteiger partial charge in [-0.1, -0.05) is 51.2 Å². The van der Waals surface area contributed by atoms with Gasteiger partial charge in [0.15, 0.2) is 0 Å². The van der Waals surface area contributed by atoms with Crippen LogP contribution < -0.4 is 0 Å². The Hall–Kier alpha value is -0.300. The van der Waals surface area contributed by atoms with Crippen molar-refractivity contribution in [3.63, 3.8) is 0 Å². The highest BCUT2D eigenvalue weighted by molar-refractivity contribution is 5.26. The molecule has 0 aromatic carbocycles. The standard InChI is InChI=1S/C20H36O/c1-4-9-17(21)14-16-12-13-20(19(16)6-3)18(5-2)15-10-7-8-11-15/h15-18,21H,4-14H2,1-3H3. The van der Waals surface area contributed by atoms with Crippen LogP contribution in [-0.2, 0) is 0 Å². The van der Waals surface area contributed by atoms with Crippen molar-refractivity contribution in [2.75, 3.05) is 0 Å². The molecule has 1 nitrogen and oxygen atoms in total. The molecular formula is C20H36O. The molecule has 0 saturated heterocycles. The van der Waals surface area contributed by atoms with E-state index in [0.29, 0.717) is 5.92 Å². The summed E-state index contributed by atoms with van der Waals surface area (Å²) in [6, 6.07) is 0. The Balaban J connectivity index is 2.08. The zero-order chi connectivity index (χ0) is 15.2. The van der Waals surface area contributed by atoms with Crippen molar-refractivity contribution in [3.8, 4) is 0 Å². The maximum atomic E-state index is 10.2. The third kappa shape index (κ3) is 4.12. The summed E-state index contributed by atoms with van der Waals surface area (Å²) in [5.74, 6) is 2.50. The Morgan fingerprint density at radius 3 is 2.38 bits per heavy atom. The van der Waals surface area contributed by atoms with Gasteiger partial charge in [0.1, 0.15) is 0 Å². The first-order valence-corrected chi connectivity index (χ1v) is 9.61. The van der Waals surface area contributed by atoms with Crippen LogP contribution in [0.15, 0.2) is 11.1 Å². The number of hydrogen-bond acceptors (Lipinski definition) is 1. The van der Waals surface area contributed by atoms with Crippen molar-refractivity contribution in [2.24, 2.45) is 17.8 Å². The van der Waals surface area contributed by atoms with Gasteiger partial charge >= 0.3 is 0 Å². The van der Waals surface area contributed by atoms with E-state index in [0.717, 1.165) is 31.1 Å². The smallest absolute Gasteiger partial charge is 0.0545 e. The summed E-state index contributed by atoms with van der Waals surface area (Å²) >= 11 is 0. The molecule has 1 heteroatoms. The van der Waals surface area contributed by atoms with E-state index in [-0.39, 0.29) is 6.10 Å². The molecule has 1 fully saturated rings. The summed E-state index contributed by atoms with van der Waals surface area (Å²) in [6.07, 6.45) is 14.0. The molecule has 0 radical (unpaired) electrons. The number of hydrogen-bond donors (Lipinski definition) is 1. The Bertz CT molecular complexity index is 338. The zero-order valence-electron chi connectivity index (χ0n) is 14.5. The highest BCUT2D eigenvalue weighted by Gasteiger charge is 2.33. The Morgan fingerprint density at radius 2 is 1.81 bits per heavy atom. The molecule has 3 atom stereocenters. The lowest BCUT2D eigenvalue weighted by atomic mass is 9.80. The predicted octanol–water partition coefficient (Wildman–Crippen LogP) is 5.87. The van der Waals surface area contributed by atoms with Gasteiger partial charge in [0.2, 0.25) is 0 Å². The minimum atomic E-state index is -0.0764. The van der Waals surface area contributed by atoms with E-state index in [4.69, 9.17) is 0 Å². The van der Waals surface area contributed by atoms with Crippen molar-refractivity contribution < 1.29 is 5.11 Å². The third-order valence-electron chi connectivity index (χ3n) is 6.08. The summed E-state index contributed by atoms with van der Waals surface area (Å²) in [5, 5.41) is 10.2. The second kappa shape index (κ2) is 8.36. The van der Waals surface area contributed by atoms with E-state index < -0.39 is 0 Å². The highest BCUT2D eigenvalue weighted by Crippen LogP contribution is 2.46. The maximum absolute atomic E-state index is 10.2. The summed E-state index contributed by atoms with van der Waals surface area (Å²) in [4.78, 5) is 0. The molecule has 0 aromatic rings. The van der Waals surface area contributed by atoms with Crippen molar-refractivity contribution >= 4 is 0 Å². The normalized spacial score (nSPS) is 26.6. The van der Waals surface area contributed by atoms with E-state index in [1.807, 2.05) is 5.57 Å². The molecule has 2 aliphatic rings. The van der Waals surface area contributed by atoms with Crippen LogP contribution in [0.25, 0.3) is 0 Å². The maximum Gasteiger partial charge on any atom is 0.0545 e. The fraction of sp³-hybridized carbons (Fsp3) is 0.900. The number of rotatable bonds is 8. The first-order valence-electron chi connectivity index (χ1n) is 9.61. The summed E-state index contributed by atoms with van der Waals surface area (Å²) < 4.78 is 0. The Morgan fingerprint density at radius 1 is 1.10 bits per heavy atom. The molecule has 2 aliphatic carbocycles. The van der Waals surface area contributed by atoms with Gasteiger partial charge in [-0.2, -0.15) is 0 Å². The molecule has 0 amide bonds. The molecule has 0 aromatic heterocycles. The van der Waals surface area contributed by atoms with Crippen LogP contribution in [0, 0.1) is 17.8 Å². The van der Waals surface area contributed by atoms with Gasteiger partial charge < -0.3 is 5.11 Å². The van der Waals surface area contributed by atoms with Gasteiger partial charge in [0, 0.05) is 0 Å². The Labute approximate surface area is 132 Å².